The summed E-state index contributed by atoms with van der Waals surface area (Å²) in [6.07, 6.45) is 6.76. The second kappa shape index (κ2) is 7.18. The molecule has 1 aromatic carbocycles. The van der Waals surface area contributed by atoms with E-state index in [0.29, 0.717) is 12.1 Å². The van der Waals surface area contributed by atoms with Crippen LogP contribution in [0.15, 0.2) is 30.5 Å². The first kappa shape index (κ1) is 16.6. The molecule has 2 saturated heterocycles. The number of rotatable bonds is 3. The van der Waals surface area contributed by atoms with Crippen molar-refractivity contribution >= 4 is 16.8 Å². The molecule has 2 aliphatic heterocycles. The highest BCUT2D eigenvalue weighted by Crippen LogP contribution is 2.23. The zero-order valence-electron chi connectivity index (χ0n) is 14.9. The van der Waals surface area contributed by atoms with E-state index in [1.807, 2.05) is 42.5 Å². The van der Waals surface area contributed by atoms with Crippen LogP contribution in [0.3, 0.4) is 0 Å². The summed E-state index contributed by atoms with van der Waals surface area (Å²) in [4.78, 5) is 20.6. The molecule has 0 aliphatic carbocycles. The number of benzene rings is 1. The van der Waals surface area contributed by atoms with Crippen LogP contribution in [0.1, 0.15) is 36.0 Å². The zero-order chi connectivity index (χ0) is 17.2. The Morgan fingerprint density at radius 3 is 2.56 bits per heavy atom. The van der Waals surface area contributed by atoms with Crippen molar-refractivity contribution in [3.05, 3.63) is 36.0 Å². The van der Waals surface area contributed by atoms with Gasteiger partial charge >= 0.3 is 0 Å². The van der Waals surface area contributed by atoms with Gasteiger partial charge in [0, 0.05) is 56.6 Å². The number of nitrogens with one attached hydrogen (secondary N) is 1. The number of nitrogens with zero attached hydrogens (tertiary/aromatic N) is 2. The summed E-state index contributed by atoms with van der Waals surface area (Å²) in [5.74, 6) is 0.160. The molecular weight excluding hydrogens is 314 g/mol. The second-order valence-electron chi connectivity index (χ2n) is 7.27. The summed E-state index contributed by atoms with van der Waals surface area (Å²) in [5.41, 5.74) is 1.82. The second-order valence-corrected chi connectivity index (χ2v) is 7.27. The molecule has 134 valence electrons. The van der Waals surface area contributed by atoms with E-state index in [1.165, 1.54) is 0 Å². The fraction of sp³-hybridized carbons (Fsp3) is 0.550. The van der Waals surface area contributed by atoms with Crippen molar-refractivity contribution in [1.29, 1.82) is 0 Å². The first-order valence-corrected chi connectivity index (χ1v) is 9.38. The molecule has 2 aliphatic rings. The van der Waals surface area contributed by atoms with Crippen LogP contribution in [0.25, 0.3) is 10.9 Å². The Kier molecular flexibility index (Phi) is 4.77. The maximum absolute atomic E-state index is 12.8. The summed E-state index contributed by atoms with van der Waals surface area (Å²) in [6.45, 7) is 3.97. The van der Waals surface area contributed by atoms with Gasteiger partial charge in [-0.05, 0) is 49.3 Å². The van der Waals surface area contributed by atoms with E-state index in [1.54, 1.807) is 0 Å². The minimum absolute atomic E-state index is 0.160. The van der Waals surface area contributed by atoms with Crippen LogP contribution in [-0.4, -0.2) is 66.1 Å². The minimum atomic E-state index is 0.160. The van der Waals surface area contributed by atoms with Crippen LogP contribution in [-0.2, 0) is 4.74 Å². The predicted molar refractivity (Wildman–Crippen MR) is 98.8 cm³/mol. The number of amides is 1. The Hall–Kier alpha value is -1.85. The number of carbonyl (C=O) groups is 1. The third kappa shape index (κ3) is 3.44. The predicted octanol–water partition coefficient (Wildman–Crippen LogP) is 2.88. The van der Waals surface area contributed by atoms with Gasteiger partial charge in [-0.25, -0.2) is 0 Å². The van der Waals surface area contributed by atoms with Gasteiger partial charge in [-0.3, -0.25) is 4.79 Å². The highest BCUT2D eigenvalue weighted by atomic mass is 16.5. The van der Waals surface area contributed by atoms with Crippen molar-refractivity contribution in [2.75, 3.05) is 33.3 Å². The SMILES string of the molecule is COC1CCN(C2CCN(C(=O)c3ccc4cc[nH]c4c3)CC2)CC1. The molecule has 25 heavy (non-hydrogen) atoms. The van der Waals surface area contributed by atoms with Crippen molar-refractivity contribution in [2.24, 2.45) is 0 Å². The molecule has 1 aromatic heterocycles. The molecule has 4 rings (SSSR count). The smallest absolute Gasteiger partial charge is 0.253 e. The molecule has 5 heteroatoms. The van der Waals surface area contributed by atoms with Crippen LogP contribution < -0.4 is 0 Å². The molecule has 5 nitrogen and oxygen atoms in total. The Balaban J connectivity index is 1.34. The highest BCUT2D eigenvalue weighted by molar-refractivity contribution is 5.98. The third-order valence-corrected chi connectivity index (χ3v) is 5.88. The van der Waals surface area contributed by atoms with Crippen LogP contribution in [0.5, 0.6) is 0 Å². The molecule has 0 spiro atoms. The van der Waals surface area contributed by atoms with E-state index in [-0.39, 0.29) is 5.91 Å². The molecule has 0 saturated carbocycles. The van der Waals surface area contributed by atoms with E-state index >= 15 is 0 Å². The number of ether oxygens (including phenoxy) is 1. The van der Waals surface area contributed by atoms with E-state index in [9.17, 15) is 4.79 Å². The van der Waals surface area contributed by atoms with Gasteiger partial charge in [-0.1, -0.05) is 6.07 Å². The maximum atomic E-state index is 12.8. The molecular formula is C20H27N3O2. The number of likely N-dealkylation sites (tertiary alicyclic amines) is 2. The highest BCUT2D eigenvalue weighted by Gasteiger charge is 2.29. The van der Waals surface area contributed by atoms with Crippen LogP contribution in [0.4, 0.5) is 0 Å². The van der Waals surface area contributed by atoms with Crippen molar-refractivity contribution in [3.8, 4) is 0 Å². The number of hydrogen-bond acceptors (Lipinski definition) is 3. The Labute approximate surface area is 148 Å². The standard InChI is InChI=1S/C20H27N3O2/c1-25-18-7-12-22(13-8-18)17-5-10-23(11-6-17)20(24)16-3-2-15-4-9-21-19(15)14-16/h2-4,9,14,17-18,21H,5-8,10-13H2,1H3. The largest absolute Gasteiger partial charge is 0.381 e. The van der Waals surface area contributed by atoms with Gasteiger partial charge < -0.3 is 19.5 Å². The number of hydrogen-bond donors (Lipinski definition) is 1. The fourth-order valence-corrected chi connectivity index (χ4v) is 4.27. The number of piperidine rings is 2. The summed E-state index contributed by atoms with van der Waals surface area (Å²) in [5, 5.41) is 1.15. The van der Waals surface area contributed by atoms with Gasteiger partial charge in [0.2, 0.25) is 0 Å². The first-order valence-electron chi connectivity index (χ1n) is 9.38. The zero-order valence-corrected chi connectivity index (χ0v) is 14.9. The fourth-order valence-electron chi connectivity index (χ4n) is 4.27. The molecule has 1 N–H and O–H groups in total. The van der Waals surface area contributed by atoms with Crippen molar-refractivity contribution < 1.29 is 9.53 Å². The number of carbonyl (C=O) groups excluding carboxylic acids is 1. The minimum Gasteiger partial charge on any atom is -0.381 e. The van der Waals surface area contributed by atoms with Crippen LogP contribution >= 0.6 is 0 Å². The summed E-state index contributed by atoms with van der Waals surface area (Å²) < 4.78 is 5.47. The van der Waals surface area contributed by atoms with E-state index < -0.39 is 0 Å². The van der Waals surface area contributed by atoms with Crippen LogP contribution in [0.2, 0.25) is 0 Å². The lowest BCUT2D eigenvalue weighted by Crippen LogP contribution is -2.49. The van der Waals surface area contributed by atoms with E-state index in [4.69, 9.17) is 4.74 Å². The quantitative estimate of drug-likeness (QED) is 0.934. The van der Waals surface area contributed by atoms with E-state index in [2.05, 4.69) is 9.88 Å². The molecule has 0 radical (unpaired) electrons. The van der Waals surface area contributed by atoms with Gasteiger partial charge in [-0.2, -0.15) is 0 Å². The Morgan fingerprint density at radius 1 is 1.08 bits per heavy atom. The van der Waals surface area contributed by atoms with Gasteiger partial charge in [0.15, 0.2) is 0 Å². The summed E-state index contributed by atoms with van der Waals surface area (Å²) >= 11 is 0. The molecule has 0 atom stereocenters. The monoisotopic (exact) mass is 341 g/mol. The molecule has 0 bridgehead atoms. The lowest BCUT2D eigenvalue weighted by Gasteiger charge is -2.41. The summed E-state index contributed by atoms with van der Waals surface area (Å²) in [6, 6.07) is 8.58. The number of aromatic nitrogens is 1. The molecule has 1 amide bonds. The van der Waals surface area contributed by atoms with Crippen LogP contribution in [0, 0.1) is 0 Å². The Morgan fingerprint density at radius 2 is 1.84 bits per heavy atom. The lowest BCUT2D eigenvalue weighted by atomic mass is 9.98. The average molecular weight is 341 g/mol. The average Bonchev–Trinajstić information content (AvgIpc) is 3.15. The van der Waals surface area contributed by atoms with E-state index in [0.717, 1.165) is 68.3 Å². The Bertz CT molecular complexity index is 725. The molecule has 0 unspecified atom stereocenters. The van der Waals surface area contributed by atoms with Gasteiger partial charge in [0.05, 0.1) is 6.10 Å². The summed E-state index contributed by atoms with van der Waals surface area (Å²) in [7, 11) is 1.81. The lowest BCUT2D eigenvalue weighted by molar-refractivity contribution is 0.0145. The van der Waals surface area contributed by atoms with Gasteiger partial charge in [0.25, 0.3) is 5.91 Å². The first-order chi connectivity index (χ1) is 12.2. The molecule has 3 heterocycles. The number of H-pyrrole nitrogens is 1. The van der Waals surface area contributed by atoms with Crippen molar-refractivity contribution in [2.45, 2.75) is 37.8 Å². The van der Waals surface area contributed by atoms with Gasteiger partial charge in [-0.15, -0.1) is 0 Å². The van der Waals surface area contributed by atoms with Gasteiger partial charge in [0.1, 0.15) is 0 Å². The van der Waals surface area contributed by atoms with Crippen molar-refractivity contribution in [1.82, 2.24) is 14.8 Å². The van der Waals surface area contributed by atoms with Crippen molar-refractivity contribution in [3.63, 3.8) is 0 Å². The molecule has 2 aromatic rings. The molecule has 2 fully saturated rings. The third-order valence-electron chi connectivity index (χ3n) is 5.88. The topological polar surface area (TPSA) is 48.6 Å². The normalized spacial score (nSPS) is 21.1. The number of methoxy groups -OCH3 is 1. The number of fused-ring (bicyclic) bond motifs is 1. The maximum Gasteiger partial charge on any atom is 0.253 e. The number of aromatic amines is 1.